The van der Waals surface area contributed by atoms with Crippen LogP contribution in [0.25, 0.3) is 0 Å². The van der Waals surface area contributed by atoms with Gasteiger partial charge in [-0.25, -0.2) is 4.79 Å². The maximum absolute atomic E-state index is 11.3. The molecule has 1 aromatic carbocycles. The molecule has 0 bridgehead atoms. The maximum atomic E-state index is 11.3. The summed E-state index contributed by atoms with van der Waals surface area (Å²) in [7, 11) is 0. The Hall–Kier alpha value is -1.97. The molecule has 0 aliphatic heterocycles. The molecule has 0 heterocycles. The van der Waals surface area contributed by atoms with Gasteiger partial charge in [0.2, 0.25) is 0 Å². The number of hydrogen-bond donors (Lipinski definition) is 0. The first kappa shape index (κ1) is 18.1. The van der Waals surface area contributed by atoms with Crippen LogP contribution in [0.4, 0.5) is 0 Å². The molecule has 0 N–H and O–H groups in total. The van der Waals surface area contributed by atoms with Crippen LogP contribution in [0.3, 0.4) is 0 Å². The summed E-state index contributed by atoms with van der Waals surface area (Å²) in [5.74, 6) is 1.25. The van der Waals surface area contributed by atoms with Crippen molar-refractivity contribution in [1.82, 2.24) is 0 Å². The minimum atomic E-state index is -0.336. The van der Waals surface area contributed by atoms with E-state index in [1.54, 1.807) is 6.92 Å². The molecule has 22 heavy (non-hydrogen) atoms. The molecule has 1 atom stereocenters. The van der Waals surface area contributed by atoms with E-state index in [2.05, 4.69) is 13.8 Å². The molecular weight excluding hydrogens is 280 g/mol. The van der Waals surface area contributed by atoms with Crippen LogP contribution in [-0.4, -0.2) is 25.3 Å². The van der Waals surface area contributed by atoms with Crippen molar-refractivity contribution in [1.29, 1.82) is 0 Å². The Kier molecular flexibility index (Phi) is 8.11. The van der Waals surface area contributed by atoms with Crippen molar-refractivity contribution in [3.05, 3.63) is 35.9 Å². The Labute approximate surface area is 133 Å². The summed E-state index contributed by atoms with van der Waals surface area (Å²) in [6.07, 6.45) is 3.81. The Morgan fingerprint density at radius 2 is 1.82 bits per heavy atom. The van der Waals surface area contributed by atoms with E-state index in [-0.39, 0.29) is 12.1 Å². The highest BCUT2D eigenvalue weighted by Crippen LogP contribution is 2.20. The summed E-state index contributed by atoms with van der Waals surface area (Å²) in [5, 5.41) is 0. The summed E-state index contributed by atoms with van der Waals surface area (Å²) >= 11 is 0. The van der Waals surface area contributed by atoms with Gasteiger partial charge in [0, 0.05) is 6.08 Å². The fraction of sp³-hybridized carbons (Fsp3) is 0.500. The summed E-state index contributed by atoms with van der Waals surface area (Å²) in [4.78, 5) is 11.3. The second kappa shape index (κ2) is 9.87. The summed E-state index contributed by atoms with van der Waals surface area (Å²) in [6, 6.07) is 7.52. The molecule has 1 rings (SSSR count). The molecule has 0 spiro atoms. The molecule has 0 saturated carbocycles. The van der Waals surface area contributed by atoms with Crippen LogP contribution in [0, 0.1) is 0 Å². The molecule has 0 radical (unpaired) electrons. The minimum Gasteiger partial charge on any atom is -0.491 e. The van der Waals surface area contributed by atoms with Gasteiger partial charge in [-0.05, 0) is 57.0 Å². The molecule has 0 amide bonds. The standard InChI is InChI=1S/C18H26O4/c1-5-7-15(4)22-17-10-8-16(9-11-17)21-13-14(3)12-18(19)20-6-2/h8-12,15H,5-7,13H2,1-4H3/b14-12+. The number of carbonyl (C=O) groups excluding carboxylic acids is 1. The van der Waals surface area contributed by atoms with Gasteiger partial charge >= 0.3 is 5.97 Å². The molecule has 4 nitrogen and oxygen atoms in total. The smallest absolute Gasteiger partial charge is 0.330 e. The third kappa shape index (κ3) is 7.16. The number of hydrogen-bond acceptors (Lipinski definition) is 4. The largest absolute Gasteiger partial charge is 0.491 e. The highest BCUT2D eigenvalue weighted by molar-refractivity contribution is 5.82. The summed E-state index contributed by atoms with van der Waals surface area (Å²) in [5.41, 5.74) is 0.815. The molecule has 1 aromatic rings. The number of benzene rings is 1. The van der Waals surface area contributed by atoms with Crippen molar-refractivity contribution in [3.8, 4) is 11.5 Å². The number of rotatable bonds is 9. The number of esters is 1. The maximum Gasteiger partial charge on any atom is 0.330 e. The molecule has 122 valence electrons. The van der Waals surface area contributed by atoms with E-state index in [9.17, 15) is 4.79 Å². The van der Waals surface area contributed by atoms with E-state index in [0.717, 1.165) is 29.9 Å². The Morgan fingerprint density at radius 1 is 1.18 bits per heavy atom. The van der Waals surface area contributed by atoms with Crippen LogP contribution in [0.2, 0.25) is 0 Å². The average Bonchev–Trinajstić information content (AvgIpc) is 2.47. The lowest BCUT2D eigenvalue weighted by Crippen LogP contribution is -2.10. The second-order valence-electron chi connectivity index (χ2n) is 5.22. The lowest BCUT2D eigenvalue weighted by Gasteiger charge is -2.14. The van der Waals surface area contributed by atoms with Crippen LogP contribution in [0.15, 0.2) is 35.9 Å². The van der Waals surface area contributed by atoms with E-state index < -0.39 is 0 Å². The molecule has 0 aliphatic carbocycles. The topological polar surface area (TPSA) is 44.8 Å². The lowest BCUT2D eigenvalue weighted by molar-refractivity contribution is -0.137. The zero-order valence-electron chi connectivity index (χ0n) is 13.9. The highest BCUT2D eigenvalue weighted by atomic mass is 16.5. The van der Waals surface area contributed by atoms with Gasteiger partial charge in [-0.2, -0.15) is 0 Å². The number of carbonyl (C=O) groups is 1. The molecule has 4 heteroatoms. The third-order valence-electron chi connectivity index (χ3n) is 2.97. The van der Waals surface area contributed by atoms with Crippen LogP contribution in [0.1, 0.15) is 40.5 Å². The van der Waals surface area contributed by atoms with Crippen molar-refractivity contribution in [3.63, 3.8) is 0 Å². The Balaban J connectivity index is 2.45. The van der Waals surface area contributed by atoms with Crippen LogP contribution < -0.4 is 9.47 Å². The van der Waals surface area contributed by atoms with Crippen molar-refractivity contribution in [2.75, 3.05) is 13.2 Å². The molecule has 1 unspecified atom stereocenters. The third-order valence-corrected chi connectivity index (χ3v) is 2.97. The lowest BCUT2D eigenvalue weighted by atomic mass is 10.2. The van der Waals surface area contributed by atoms with Gasteiger partial charge in [-0.15, -0.1) is 0 Å². The first-order valence-electron chi connectivity index (χ1n) is 7.78. The van der Waals surface area contributed by atoms with Crippen LogP contribution in [-0.2, 0) is 9.53 Å². The molecule has 0 saturated heterocycles. The first-order valence-corrected chi connectivity index (χ1v) is 7.78. The van der Waals surface area contributed by atoms with Crippen molar-refractivity contribution >= 4 is 5.97 Å². The molecule has 0 fully saturated rings. The average molecular weight is 306 g/mol. The monoisotopic (exact) mass is 306 g/mol. The fourth-order valence-corrected chi connectivity index (χ4v) is 1.94. The minimum absolute atomic E-state index is 0.214. The van der Waals surface area contributed by atoms with Gasteiger partial charge in [0.15, 0.2) is 0 Å². The Morgan fingerprint density at radius 3 is 2.41 bits per heavy atom. The van der Waals surface area contributed by atoms with E-state index >= 15 is 0 Å². The zero-order chi connectivity index (χ0) is 16.4. The second-order valence-corrected chi connectivity index (χ2v) is 5.22. The van der Waals surface area contributed by atoms with E-state index in [4.69, 9.17) is 14.2 Å². The first-order chi connectivity index (χ1) is 10.5. The number of ether oxygens (including phenoxy) is 3. The molecule has 0 aromatic heterocycles. The van der Waals surface area contributed by atoms with Gasteiger partial charge in [0.25, 0.3) is 0 Å². The van der Waals surface area contributed by atoms with E-state index in [0.29, 0.717) is 13.2 Å². The van der Waals surface area contributed by atoms with Gasteiger partial charge in [-0.1, -0.05) is 13.3 Å². The summed E-state index contributed by atoms with van der Waals surface area (Å²) in [6.45, 7) is 8.55. The van der Waals surface area contributed by atoms with Crippen molar-refractivity contribution in [2.24, 2.45) is 0 Å². The zero-order valence-corrected chi connectivity index (χ0v) is 13.9. The van der Waals surface area contributed by atoms with Crippen molar-refractivity contribution in [2.45, 2.75) is 46.6 Å². The summed E-state index contributed by atoms with van der Waals surface area (Å²) < 4.78 is 16.3. The normalized spacial score (nSPS) is 12.6. The fourth-order valence-electron chi connectivity index (χ4n) is 1.94. The van der Waals surface area contributed by atoms with Crippen LogP contribution in [0.5, 0.6) is 11.5 Å². The van der Waals surface area contributed by atoms with Crippen molar-refractivity contribution < 1.29 is 19.0 Å². The van der Waals surface area contributed by atoms with Gasteiger partial charge in [0.1, 0.15) is 18.1 Å². The molecule has 0 aliphatic rings. The van der Waals surface area contributed by atoms with Crippen LogP contribution >= 0.6 is 0 Å². The van der Waals surface area contributed by atoms with Gasteiger partial charge in [0.05, 0.1) is 12.7 Å². The van der Waals surface area contributed by atoms with Gasteiger partial charge < -0.3 is 14.2 Å². The quantitative estimate of drug-likeness (QED) is 0.508. The molecular formula is C18H26O4. The SMILES string of the molecule is CCCC(C)Oc1ccc(OC/C(C)=C/C(=O)OCC)cc1. The van der Waals surface area contributed by atoms with E-state index in [1.807, 2.05) is 31.2 Å². The van der Waals surface area contributed by atoms with E-state index in [1.165, 1.54) is 6.08 Å². The highest BCUT2D eigenvalue weighted by Gasteiger charge is 2.03. The Bertz CT molecular complexity index is 476. The predicted octanol–water partition coefficient (Wildman–Crippen LogP) is 4.14. The predicted molar refractivity (Wildman–Crippen MR) is 87.3 cm³/mol. The van der Waals surface area contributed by atoms with Gasteiger partial charge in [-0.3, -0.25) is 0 Å².